The van der Waals surface area contributed by atoms with E-state index in [-0.39, 0.29) is 11.6 Å². The Labute approximate surface area is 211 Å². The topological polar surface area (TPSA) is 88.9 Å². The zero-order valence-electron chi connectivity index (χ0n) is 19.1. The first-order valence-electron chi connectivity index (χ1n) is 11.3. The zero-order chi connectivity index (χ0) is 24.9. The second kappa shape index (κ2) is 10.5. The van der Waals surface area contributed by atoms with Gasteiger partial charge in [-0.3, -0.25) is 19.8 Å². The van der Waals surface area contributed by atoms with Crippen LogP contribution in [0.3, 0.4) is 0 Å². The molecular weight excluding hydrogens is 474 g/mol. The molecule has 1 saturated heterocycles. The Kier molecular flexibility index (Phi) is 6.77. The van der Waals surface area contributed by atoms with E-state index < -0.39 is 4.92 Å². The molecule has 0 atom stereocenters. The number of benzene rings is 3. The number of carbonyl (C=O) groups excluding carboxylic acids is 1. The van der Waals surface area contributed by atoms with Crippen LogP contribution in [0.1, 0.15) is 11.3 Å². The van der Waals surface area contributed by atoms with Gasteiger partial charge >= 0.3 is 0 Å². The number of thioether (sulfide) groups is 1. The van der Waals surface area contributed by atoms with Gasteiger partial charge in [0.25, 0.3) is 11.6 Å². The highest BCUT2D eigenvalue weighted by molar-refractivity contribution is 8.18. The number of para-hydroxylation sites is 1. The number of carbonyl (C=O) groups is 1. The fourth-order valence-electron chi connectivity index (χ4n) is 3.77. The van der Waals surface area contributed by atoms with Gasteiger partial charge < -0.3 is 4.42 Å². The van der Waals surface area contributed by atoms with Gasteiger partial charge in [-0.15, -0.1) is 0 Å². The van der Waals surface area contributed by atoms with Gasteiger partial charge in [-0.2, -0.15) is 0 Å². The molecule has 0 N–H and O–H groups in total. The quantitative estimate of drug-likeness (QED) is 0.162. The fourth-order valence-corrected chi connectivity index (χ4v) is 4.78. The number of rotatable bonds is 7. The molecule has 0 radical (unpaired) electrons. The molecule has 1 fully saturated rings. The minimum atomic E-state index is -0.444. The lowest BCUT2D eigenvalue weighted by Gasteiger charge is -2.15. The Morgan fingerprint density at radius 2 is 1.69 bits per heavy atom. The monoisotopic (exact) mass is 495 g/mol. The van der Waals surface area contributed by atoms with E-state index >= 15 is 0 Å². The first-order chi connectivity index (χ1) is 17.6. The number of amidine groups is 1. The summed E-state index contributed by atoms with van der Waals surface area (Å²) in [5.74, 6) is 0.829. The average molecular weight is 496 g/mol. The molecule has 0 spiro atoms. The van der Waals surface area contributed by atoms with Crippen LogP contribution in [0.5, 0.6) is 0 Å². The molecule has 2 heterocycles. The third kappa shape index (κ3) is 5.29. The van der Waals surface area contributed by atoms with Gasteiger partial charge in [0.1, 0.15) is 11.5 Å². The lowest BCUT2D eigenvalue weighted by Crippen LogP contribution is -2.31. The van der Waals surface area contributed by atoms with Gasteiger partial charge in [0.05, 0.1) is 15.5 Å². The number of nitro benzene ring substituents is 1. The third-order valence-corrected chi connectivity index (χ3v) is 6.58. The van der Waals surface area contributed by atoms with Crippen molar-refractivity contribution < 1.29 is 14.1 Å². The molecule has 1 aliphatic rings. The van der Waals surface area contributed by atoms with Crippen molar-refractivity contribution in [1.82, 2.24) is 4.90 Å². The number of nitrogens with zero attached hydrogens (tertiary/aromatic N) is 3. The molecule has 0 saturated carbocycles. The van der Waals surface area contributed by atoms with Crippen molar-refractivity contribution in [2.75, 3.05) is 6.54 Å². The maximum absolute atomic E-state index is 13.4. The van der Waals surface area contributed by atoms with E-state index in [4.69, 9.17) is 9.41 Å². The summed E-state index contributed by atoms with van der Waals surface area (Å²) in [5, 5.41) is 11.7. The lowest BCUT2D eigenvalue weighted by molar-refractivity contribution is -0.384. The summed E-state index contributed by atoms with van der Waals surface area (Å²) < 4.78 is 5.91. The van der Waals surface area contributed by atoms with E-state index in [9.17, 15) is 14.9 Å². The third-order valence-electron chi connectivity index (χ3n) is 5.58. The number of hydrogen-bond donors (Lipinski definition) is 0. The first kappa shape index (κ1) is 23.3. The Morgan fingerprint density at radius 1 is 0.944 bits per heavy atom. The molecule has 5 rings (SSSR count). The highest BCUT2D eigenvalue weighted by Gasteiger charge is 2.33. The standard InChI is InChI=1S/C28H21N3O4S/c32-27-26(19-24-14-15-25(35-24)21-10-7-13-23(18-21)31(33)34)36-28(29-22-11-5-2-6-12-22)30(27)17-16-20-8-3-1-4-9-20/h1-15,18-19H,16-17H2/b26-19+,29-28?. The minimum Gasteiger partial charge on any atom is -0.457 e. The molecule has 4 aromatic rings. The van der Waals surface area contributed by atoms with Crippen molar-refractivity contribution in [1.29, 1.82) is 0 Å². The smallest absolute Gasteiger partial charge is 0.270 e. The maximum Gasteiger partial charge on any atom is 0.270 e. The van der Waals surface area contributed by atoms with Crippen LogP contribution in [0, 0.1) is 10.1 Å². The number of aliphatic imine (C=N–C) groups is 1. The second-order valence-corrected chi connectivity index (χ2v) is 9.05. The molecule has 3 aromatic carbocycles. The predicted octanol–water partition coefficient (Wildman–Crippen LogP) is 6.70. The van der Waals surface area contributed by atoms with E-state index in [2.05, 4.69) is 0 Å². The van der Waals surface area contributed by atoms with Crippen LogP contribution >= 0.6 is 11.8 Å². The number of non-ortho nitro benzene ring substituents is 1. The zero-order valence-corrected chi connectivity index (χ0v) is 19.9. The van der Waals surface area contributed by atoms with E-state index in [1.165, 1.54) is 23.9 Å². The fraction of sp³-hybridized carbons (Fsp3) is 0.0714. The van der Waals surface area contributed by atoms with Crippen LogP contribution in [-0.4, -0.2) is 27.4 Å². The van der Waals surface area contributed by atoms with Crippen molar-refractivity contribution in [2.24, 2.45) is 4.99 Å². The summed E-state index contributed by atoms with van der Waals surface area (Å²) in [4.78, 5) is 30.9. The molecule has 1 aromatic heterocycles. The van der Waals surface area contributed by atoms with Crippen molar-refractivity contribution >= 4 is 40.3 Å². The van der Waals surface area contributed by atoms with Crippen LogP contribution < -0.4 is 0 Å². The minimum absolute atomic E-state index is 0.0128. The number of nitro groups is 1. The summed E-state index contributed by atoms with van der Waals surface area (Å²) in [6, 6.07) is 29.3. The number of furan rings is 1. The Hall–Kier alpha value is -4.43. The van der Waals surface area contributed by atoms with Crippen LogP contribution in [0.4, 0.5) is 11.4 Å². The summed E-state index contributed by atoms with van der Waals surface area (Å²) in [7, 11) is 0. The van der Waals surface area contributed by atoms with Crippen molar-refractivity contribution in [2.45, 2.75) is 6.42 Å². The highest BCUT2D eigenvalue weighted by Crippen LogP contribution is 2.35. The SMILES string of the molecule is O=C1/C(=C\c2ccc(-c3cccc([N+](=O)[O-])c3)o2)SC(=Nc2ccccc2)N1CCc1ccccc1. The van der Waals surface area contributed by atoms with Gasteiger partial charge in [-0.25, -0.2) is 4.99 Å². The summed E-state index contributed by atoms with van der Waals surface area (Å²) >= 11 is 1.30. The van der Waals surface area contributed by atoms with Crippen LogP contribution in [0.25, 0.3) is 17.4 Å². The van der Waals surface area contributed by atoms with Crippen LogP contribution in [-0.2, 0) is 11.2 Å². The number of amides is 1. The van der Waals surface area contributed by atoms with Gasteiger partial charge in [0.15, 0.2) is 5.17 Å². The Morgan fingerprint density at radius 3 is 2.44 bits per heavy atom. The molecule has 0 aliphatic carbocycles. The van der Waals surface area contributed by atoms with Gasteiger partial charge in [-0.05, 0) is 48.0 Å². The molecule has 178 valence electrons. The van der Waals surface area contributed by atoms with Crippen LogP contribution in [0.2, 0.25) is 0 Å². The number of hydrogen-bond acceptors (Lipinski definition) is 6. The van der Waals surface area contributed by atoms with E-state index in [1.807, 2.05) is 60.7 Å². The summed E-state index contributed by atoms with van der Waals surface area (Å²) in [6.45, 7) is 0.496. The molecule has 7 nitrogen and oxygen atoms in total. The molecule has 8 heteroatoms. The average Bonchev–Trinajstić information content (AvgIpc) is 3.49. The van der Waals surface area contributed by atoms with E-state index in [0.717, 1.165) is 11.3 Å². The highest BCUT2D eigenvalue weighted by atomic mass is 32.2. The molecule has 36 heavy (non-hydrogen) atoms. The molecule has 1 amide bonds. The van der Waals surface area contributed by atoms with E-state index in [1.54, 1.807) is 35.2 Å². The van der Waals surface area contributed by atoms with E-state index in [0.29, 0.717) is 40.1 Å². The van der Waals surface area contributed by atoms with Crippen LogP contribution in [0.15, 0.2) is 111 Å². The second-order valence-electron chi connectivity index (χ2n) is 8.04. The van der Waals surface area contributed by atoms with Crippen molar-refractivity contribution in [3.8, 4) is 11.3 Å². The Balaban J connectivity index is 1.42. The summed E-state index contributed by atoms with van der Waals surface area (Å²) in [6.07, 6.45) is 2.39. The molecular formula is C28H21N3O4S. The molecule has 0 bridgehead atoms. The van der Waals surface area contributed by atoms with Crippen molar-refractivity contribution in [3.63, 3.8) is 0 Å². The Bertz CT molecular complexity index is 1460. The largest absolute Gasteiger partial charge is 0.457 e. The maximum atomic E-state index is 13.4. The van der Waals surface area contributed by atoms with Gasteiger partial charge in [0, 0.05) is 30.3 Å². The van der Waals surface area contributed by atoms with Crippen molar-refractivity contribution in [3.05, 3.63) is 123 Å². The lowest BCUT2D eigenvalue weighted by atomic mass is 10.1. The van der Waals surface area contributed by atoms with Gasteiger partial charge in [0.2, 0.25) is 0 Å². The normalized spacial score (nSPS) is 15.7. The molecule has 1 aliphatic heterocycles. The van der Waals surface area contributed by atoms with Gasteiger partial charge in [-0.1, -0.05) is 60.7 Å². The first-order valence-corrected chi connectivity index (χ1v) is 12.1. The summed E-state index contributed by atoms with van der Waals surface area (Å²) in [5.41, 5.74) is 2.49. The predicted molar refractivity (Wildman–Crippen MR) is 142 cm³/mol. The molecule has 0 unspecified atom stereocenters.